The van der Waals surface area contributed by atoms with Crippen LogP contribution in [0, 0.1) is 0 Å². The first-order valence-corrected chi connectivity index (χ1v) is 10.6. The van der Waals surface area contributed by atoms with E-state index in [2.05, 4.69) is 4.98 Å². The minimum Gasteiger partial charge on any atom is -0.316 e. The third kappa shape index (κ3) is 4.43. The summed E-state index contributed by atoms with van der Waals surface area (Å²) < 4.78 is 68.8. The smallest absolute Gasteiger partial charge is 0.316 e. The zero-order valence-corrected chi connectivity index (χ0v) is 18.0. The van der Waals surface area contributed by atoms with Gasteiger partial charge in [0.25, 0.3) is 11.0 Å². The van der Waals surface area contributed by atoms with E-state index >= 15 is 0 Å². The molecule has 0 aliphatic heterocycles. The van der Waals surface area contributed by atoms with Crippen molar-refractivity contribution in [2.24, 2.45) is 0 Å². The molecule has 32 heavy (non-hydrogen) atoms. The van der Waals surface area contributed by atoms with Crippen molar-refractivity contribution >= 4 is 39.2 Å². The second-order valence-corrected chi connectivity index (χ2v) is 7.83. The van der Waals surface area contributed by atoms with Crippen LogP contribution in [-0.2, 0) is 21.4 Å². The molecule has 0 aliphatic rings. The molecule has 2 aromatic carbocycles. The lowest BCUT2D eigenvalue weighted by Crippen LogP contribution is -2.16. The highest BCUT2D eigenvalue weighted by Crippen LogP contribution is 2.38. The first kappa shape index (κ1) is 22.1. The maximum absolute atomic E-state index is 13.6. The van der Waals surface area contributed by atoms with Gasteiger partial charge < -0.3 is 4.57 Å². The van der Waals surface area contributed by atoms with E-state index < -0.39 is 22.7 Å². The number of alkyl halides is 3. The molecule has 0 amide bonds. The highest BCUT2D eigenvalue weighted by Gasteiger charge is 2.34. The topological polar surface area (TPSA) is 64.4 Å². The molecule has 0 aliphatic carbocycles. The van der Waals surface area contributed by atoms with Gasteiger partial charge in [-0.15, -0.1) is 0 Å². The third-order valence-corrected chi connectivity index (χ3v) is 5.43. The van der Waals surface area contributed by atoms with E-state index in [-0.39, 0.29) is 10.7 Å². The average molecular weight is 482 g/mol. The van der Waals surface area contributed by atoms with E-state index in [1.165, 1.54) is 7.05 Å². The van der Waals surface area contributed by atoms with E-state index in [9.17, 15) is 21.6 Å². The number of hydrogen-bond donors (Lipinski definition) is 1. The Hall–Kier alpha value is -3.08. The molecule has 6 nitrogen and oxygen atoms in total. The van der Waals surface area contributed by atoms with Crippen molar-refractivity contribution in [2.75, 3.05) is 12.1 Å². The molecule has 2 aromatic heterocycles. The first-order valence-electron chi connectivity index (χ1n) is 9.14. The Morgan fingerprint density at radius 2 is 1.88 bits per heavy atom. The number of benzene rings is 2. The molecular formula is C21H15ClF3N3O3S. The van der Waals surface area contributed by atoms with Crippen molar-refractivity contribution in [1.82, 2.24) is 9.55 Å². The summed E-state index contributed by atoms with van der Waals surface area (Å²) in [5.74, 6) is 0. The first-order chi connectivity index (χ1) is 15.1. The number of thiol groups is 1. The summed E-state index contributed by atoms with van der Waals surface area (Å²) in [7, 11) is -1.63. The second-order valence-electron chi connectivity index (χ2n) is 6.83. The highest BCUT2D eigenvalue weighted by molar-refractivity contribution is 7.67. The van der Waals surface area contributed by atoms with Gasteiger partial charge in [0.05, 0.1) is 16.8 Å². The summed E-state index contributed by atoms with van der Waals surface area (Å²) in [6.45, 7) is 0. The number of rotatable bonds is 5. The highest BCUT2D eigenvalue weighted by atomic mass is 35.5. The van der Waals surface area contributed by atoms with Crippen molar-refractivity contribution in [3.05, 3.63) is 77.7 Å². The molecule has 0 saturated heterocycles. The van der Waals surface area contributed by atoms with Gasteiger partial charge in [0.1, 0.15) is 5.15 Å². The van der Waals surface area contributed by atoms with Crippen molar-refractivity contribution in [2.45, 2.75) is 6.18 Å². The van der Waals surface area contributed by atoms with Crippen LogP contribution in [0.2, 0.25) is 5.15 Å². The van der Waals surface area contributed by atoms with E-state index in [1.54, 1.807) is 53.2 Å². The summed E-state index contributed by atoms with van der Waals surface area (Å²) in [6, 6.07) is 14.4. The van der Waals surface area contributed by atoms with E-state index in [4.69, 9.17) is 15.9 Å². The van der Waals surface area contributed by atoms with Gasteiger partial charge in [-0.05, 0) is 42.0 Å². The van der Waals surface area contributed by atoms with Crippen LogP contribution in [-0.4, -0.2) is 25.0 Å². The van der Waals surface area contributed by atoms with Crippen molar-refractivity contribution < 1.29 is 25.9 Å². The van der Waals surface area contributed by atoms with Crippen LogP contribution in [0.4, 0.5) is 18.9 Å². The van der Waals surface area contributed by atoms with Gasteiger partial charge in [-0.1, -0.05) is 29.8 Å². The fourth-order valence-corrected chi connectivity index (χ4v) is 3.85. The SMILES string of the molecule is CN(O[SH](=O)=O)c1ccc2ccn(-c3cccc(-c4cnc(Cl)cc4C(F)(F)F)c3)c2c1. The third-order valence-electron chi connectivity index (χ3n) is 4.84. The standard InChI is InChI=1S/C21H15ClF3N3O3S/c1-27(31-32(29)30)15-6-5-13-7-8-28(19(13)10-15)16-4-2-3-14(9-16)17-12-26-20(22)11-18(17)21(23,24)25/h2-12,32H,1H3. The molecule has 2 heterocycles. The summed E-state index contributed by atoms with van der Waals surface area (Å²) in [5, 5.41) is 1.71. The molecule has 4 rings (SSSR count). The Balaban J connectivity index is 1.81. The van der Waals surface area contributed by atoms with E-state index in [1.807, 2.05) is 6.07 Å². The van der Waals surface area contributed by atoms with Gasteiger partial charge in [-0.3, -0.25) is 0 Å². The number of hydroxylamine groups is 1. The predicted octanol–water partition coefficient (Wildman–Crippen LogP) is 5.26. The Morgan fingerprint density at radius 1 is 1.09 bits per heavy atom. The summed E-state index contributed by atoms with van der Waals surface area (Å²) >= 11 is 5.69. The lowest BCUT2D eigenvalue weighted by molar-refractivity contribution is -0.137. The minimum atomic E-state index is -4.60. The molecule has 166 valence electrons. The van der Waals surface area contributed by atoms with Crippen LogP contribution in [0.3, 0.4) is 0 Å². The zero-order chi connectivity index (χ0) is 23.0. The molecule has 0 radical (unpaired) electrons. The number of nitrogens with zero attached hydrogens (tertiary/aromatic N) is 3. The molecule has 4 aromatic rings. The minimum absolute atomic E-state index is 0.0896. The number of fused-ring (bicyclic) bond motifs is 1. The van der Waals surface area contributed by atoms with Gasteiger partial charge in [0.15, 0.2) is 0 Å². The van der Waals surface area contributed by atoms with Crippen LogP contribution in [0.1, 0.15) is 5.56 Å². The quantitative estimate of drug-likeness (QED) is 0.239. The van der Waals surface area contributed by atoms with Crippen molar-refractivity contribution in [3.8, 4) is 16.8 Å². The maximum Gasteiger partial charge on any atom is 0.417 e. The number of aromatic nitrogens is 2. The molecule has 11 heteroatoms. The normalized spacial score (nSPS) is 11.9. The number of anilines is 1. The molecule has 0 bridgehead atoms. The average Bonchev–Trinajstić information content (AvgIpc) is 3.16. The number of halogens is 4. The van der Waals surface area contributed by atoms with Gasteiger partial charge in [0, 0.05) is 36.1 Å². The Labute approximate surface area is 187 Å². The number of pyridine rings is 1. The Bertz CT molecular complexity index is 1380. The van der Waals surface area contributed by atoms with Gasteiger partial charge >= 0.3 is 6.18 Å². The predicted molar refractivity (Wildman–Crippen MR) is 116 cm³/mol. The summed E-state index contributed by atoms with van der Waals surface area (Å²) in [5.41, 5.74) is 1.15. The lowest BCUT2D eigenvalue weighted by atomic mass is 10.0. The monoisotopic (exact) mass is 481 g/mol. The maximum atomic E-state index is 13.6. The van der Waals surface area contributed by atoms with Gasteiger partial charge in [-0.2, -0.15) is 17.5 Å². The van der Waals surface area contributed by atoms with E-state index in [0.717, 1.165) is 22.7 Å². The van der Waals surface area contributed by atoms with Gasteiger partial charge in [0.2, 0.25) is 0 Å². The summed E-state index contributed by atoms with van der Waals surface area (Å²) in [4.78, 5) is 3.82. The fraction of sp³-hybridized carbons (Fsp3) is 0.0952. The molecule has 0 N–H and O–H groups in total. The van der Waals surface area contributed by atoms with E-state index in [0.29, 0.717) is 22.5 Å². The van der Waals surface area contributed by atoms with Crippen LogP contribution >= 0.6 is 11.6 Å². The van der Waals surface area contributed by atoms with Crippen LogP contribution in [0.15, 0.2) is 67.0 Å². The molecule has 0 atom stereocenters. The molecule has 0 saturated carbocycles. The van der Waals surface area contributed by atoms with Crippen molar-refractivity contribution in [1.29, 1.82) is 0 Å². The Kier molecular flexibility index (Phi) is 5.85. The molecular weight excluding hydrogens is 467 g/mol. The van der Waals surface area contributed by atoms with Crippen molar-refractivity contribution in [3.63, 3.8) is 0 Å². The summed E-state index contributed by atoms with van der Waals surface area (Å²) in [6.07, 6.45) is -1.72. The molecule has 0 fully saturated rings. The largest absolute Gasteiger partial charge is 0.417 e. The van der Waals surface area contributed by atoms with Crippen LogP contribution in [0.5, 0.6) is 0 Å². The second kappa shape index (κ2) is 8.45. The lowest BCUT2D eigenvalue weighted by Gasteiger charge is -2.16. The fourth-order valence-electron chi connectivity index (χ4n) is 3.40. The number of hydrogen-bond acceptors (Lipinski definition) is 5. The van der Waals surface area contributed by atoms with Crippen LogP contribution in [0.25, 0.3) is 27.7 Å². The molecule has 0 spiro atoms. The van der Waals surface area contributed by atoms with Gasteiger partial charge in [-0.25, -0.2) is 18.5 Å². The van der Waals surface area contributed by atoms with Crippen LogP contribution < -0.4 is 5.06 Å². The zero-order valence-electron chi connectivity index (χ0n) is 16.4. The molecule has 0 unspecified atom stereocenters. The Morgan fingerprint density at radius 3 is 2.59 bits per heavy atom.